The van der Waals surface area contributed by atoms with E-state index in [-0.39, 0.29) is 0 Å². The lowest BCUT2D eigenvalue weighted by Gasteiger charge is -2.12. The molecule has 0 fully saturated rings. The molecular weight excluding hydrogens is 172 g/mol. The smallest absolute Gasteiger partial charge is 0.118 e. The van der Waals surface area contributed by atoms with Crippen molar-refractivity contribution >= 4 is 0 Å². The number of hydrogen-bond donors (Lipinski definition) is 0. The molecule has 1 radical (unpaired) electrons. The van der Waals surface area contributed by atoms with Gasteiger partial charge in [0.2, 0.25) is 0 Å². The Hall–Kier alpha value is -0.820. The van der Waals surface area contributed by atoms with E-state index in [0.29, 0.717) is 5.92 Å². The summed E-state index contributed by atoms with van der Waals surface area (Å²) >= 11 is 0. The molecule has 0 N–H and O–H groups in total. The maximum atomic E-state index is 11.8. The second-order valence-corrected chi connectivity index (χ2v) is 4.54. The standard InChI is InChI=1S/C13H19O/c1-9(2)5-13(14)12-7-10(3)6-11(4)8-12/h6-9,13H,5H2,1-4H3. The first-order chi connectivity index (χ1) is 6.49. The number of benzene rings is 1. The van der Waals surface area contributed by atoms with Crippen LogP contribution >= 0.6 is 0 Å². The molecule has 1 atom stereocenters. The van der Waals surface area contributed by atoms with E-state index < -0.39 is 6.10 Å². The zero-order valence-electron chi connectivity index (χ0n) is 9.50. The highest BCUT2D eigenvalue weighted by atomic mass is 16.3. The molecule has 0 heterocycles. The zero-order valence-corrected chi connectivity index (χ0v) is 9.50. The summed E-state index contributed by atoms with van der Waals surface area (Å²) in [5, 5.41) is 11.8. The number of hydrogen-bond acceptors (Lipinski definition) is 0. The first-order valence-electron chi connectivity index (χ1n) is 5.23. The molecule has 14 heavy (non-hydrogen) atoms. The van der Waals surface area contributed by atoms with Gasteiger partial charge in [0, 0.05) is 0 Å². The van der Waals surface area contributed by atoms with Gasteiger partial charge in [0.15, 0.2) is 0 Å². The fourth-order valence-corrected chi connectivity index (χ4v) is 1.76. The van der Waals surface area contributed by atoms with Crippen molar-refractivity contribution in [3.05, 3.63) is 34.9 Å². The van der Waals surface area contributed by atoms with Gasteiger partial charge in [0.1, 0.15) is 6.10 Å². The van der Waals surface area contributed by atoms with Crippen LogP contribution in [-0.4, -0.2) is 0 Å². The Labute approximate surface area is 86.8 Å². The SMILES string of the molecule is Cc1cc(C)cc(C([O])CC(C)C)c1. The number of rotatable bonds is 3. The third kappa shape index (κ3) is 3.15. The van der Waals surface area contributed by atoms with Gasteiger partial charge < -0.3 is 0 Å². The predicted octanol–water partition coefficient (Wildman–Crippen LogP) is 3.82. The molecule has 1 rings (SSSR count). The Bertz CT molecular complexity index is 282. The molecule has 0 aliphatic heterocycles. The molecule has 0 aliphatic carbocycles. The minimum Gasteiger partial charge on any atom is -0.228 e. The van der Waals surface area contributed by atoms with Crippen LogP contribution in [0.25, 0.3) is 0 Å². The van der Waals surface area contributed by atoms with Crippen molar-refractivity contribution in [2.75, 3.05) is 0 Å². The molecule has 0 aliphatic rings. The summed E-state index contributed by atoms with van der Waals surface area (Å²) in [5.74, 6) is 0.471. The highest BCUT2D eigenvalue weighted by molar-refractivity contribution is 5.29. The van der Waals surface area contributed by atoms with Crippen molar-refractivity contribution in [3.63, 3.8) is 0 Å². The van der Waals surface area contributed by atoms with Crippen LogP contribution in [0.1, 0.15) is 43.1 Å². The Kier molecular flexibility index (Phi) is 3.70. The highest BCUT2D eigenvalue weighted by Gasteiger charge is 2.11. The normalized spacial score (nSPS) is 13.3. The van der Waals surface area contributed by atoms with Crippen molar-refractivity contribution < 1.29 is 5.11 Å². The van der Waals surface area contributed by atoms with Crippen LogP contribution in [0, 0.1) is 19.8 Å². The molecule has 0 saturated heterocycles. The molecular formula is C13H19O. The van der Waals surface area contributed by atoms with Gasteiger partial charge in [-0.3, -0.25) is 0 Å². The van der Waals surface area contributed by atoms with Crippen LogP contribution in [0.15, 0.2) is 18.2 Å². The highest BCUT2D eigenvalue weighted by Crippen LogP contribution is 2.23. The lowest BCUT2D eigenvalue weighted by atomic mass is 9.97. The van der Waals surface area contributed by atoms with E-state index in [9.17, 15) is 5.11 Å². The summed E-state index contributed by atoms with van der Waals surface area (Å²) in [7, 11) is 0. The Balaban J connectivity index is 2.84. The van der Waals surface area contributed by atoms with Gasteiger partial charge in [0.25, 0.3) is 0 Å². The largest absolute Gasteiger partial charge is 0.228 e. The molecule has 0 saturated carbocycles. The van der Waals surface area contributed by atoms with Crippen LogP contribution in [0.5, 0.6) is 0 Å². The number of aryl methyl sites for hydroxylation is 2. The van der Waals surface area contributed by atoms with Crippen molar-refractivity contribution in [2.45, 2.75) is 40.2 Å². The summed E-state index contributed by atoms with van der Waals surface area (Å²) in [6.07, 6.45) is 0.164. The van der Waals surface area contributed by atoms with Crippen LogP contribution in [-0.2, 0) is 5.11 Å². The van der Waals surface area contributed by atoms with Crippen molar-refractivity contribution in [2.24, 2.45) is 5.92 Å². The predicted molar refractivity (Wildman–Crippen MR) is 58.8 cm³/mol. The summed E-state index contributed by atoms with van der Waals surface area (Å²) < 4.78 is 0. The van der Waals surface area contributed by atoms with Crippen LogP contribution < -0.4 is 0 Å². The van der Waals surface area contributed by atoms with Gasteiger partial charge in [0.05, 0.1) is 0 Å². The van der Waals surface area contributed by atoms with E-state index >= 15 is 0 Å². The second kappa shape index (κ2) is 4.61. The van der Waals surface area contributed by atoms with Crippen molar-refractivity contribution in [3.8, 4) is 0 Å². The molecule has 77 valence electrons. The van der Waals surface area contributed by atoms with E-state index in [2.05, 4.69) is 19.9 Å². The third-order valence-electron chi connectivity index (χ3n) is 2.30. The fourth-order valence-electron chi connectivity index (χ4n) is 1.76. The van der Waals surface area contributed by atoms with E-state index in [0.717, 1.165) is 12.0 Å². The van der Waals surface area contributed by atoms with Gasteiger partial charge in [-0.1, -0.05) is 43.2 Å². The van der Waals surface area contributed by atoms with Crippen LogP contribution in [0.2, 0.25) is 0 Å². The average Bonchev–Trinajstić information content (AvgIpc) is 2.00. The molecule has 0 amide bonds. The van der Waals surface area contributed by atoms with Gasteiger partial charge in [-0.15, -0.1) is 0 Å². The molecule has 0 aromatic heterocycles. The van der Waals surface area contributed by atoms with Crippen molar-refractivity contribution in [1.29, 1.82) is 0 Å². The molecule has 0 bridgehead atoms. The zero-order chi connectivity index (χ0) is 10.7. The third-order valence-corrected chi connectivity index (χ3v) is 2.30. The molecule has 1 nitrogen and oxygen atoms in total. The lowest BCUT2D eigenvalue weighted by molar-refractivity contribution is 0.0698. The summed E-state index contributed by atoms with van der Waals surface area (Å²) in [4.78, 5) is 0. The second-order valence-electron chi connectivity index (χ2n) is 4.54. The van der Waals surface area contributed by atoms with E-state index in [1.165, 1.54) is 11.1 Å². The maximum Gasteiger partial charge on any atom is 0.118 e. The van der Waals surface area contributed by atoms with E-state index in [1.54, 1.807) is 0 Å². The molecule has 1 unspecified atom stereocenters. The summed E-state index contributed by atoms with van der Waals surface area (Å²) in [6, 6.07) is 6.12. The maximum absolute atomic E-state index is 11.8. The van der Waals surface area contributed by atoms with Gasteiger partial charge in [-0.05, 0) is 31.7 Å². The van der Waals surface area contributed by atoms with E-state index in [4.69, 9.17) is 0 Å². The Morgan fingerprint density at radius 3 is 2.00 bits per heavy atom. The molecule has 1 aromatic rings. The topological polar surface area (TPSA) is 19.9 Å². The quantitative estimate of drug-likeness (QED) is 0.692. The van der Waals surface area contributed by atoms with Gasteiger partial charge in [-0.2, -0.15) is 0 Å². The monoisotopic (exact) mass is 191 g/mol. The molecule has 1 aromatic carbocycles. The lowest BCUT2D eigenvalue weighted by Crippen LogP contribution is -2.01. The first kappa shape index (κ1) is 11.3. The van der Waals surface area contributed by atoms with Crippen LogP contribution in [0.4, 0.5) is 0 Å². The first-order valence-corrected chi connectivity index (χ1v) is 5.23. The average molecular weight is 191 g/mol. The van der Waals surface area contributed by atoms with Crippen LogP contribution in [0.3, 0.4) is 0 Å². The van der Waals surface area contributed by atoms with Gasteiger partial charge >= 0.3 is 0 Å². The fraction of sp³-hybridized carbons (Fsp3) is 0.538. The Morgan fingerprint density at radius 1 is 1.07 bits per heavy atom. The van der Waals surface area contributed by atoms with E-state index in [1.807, 2.05) is 26.0 Å². The Morgan fingerprint density at radius 2 is 1.57 bits per heavy atom. The minimum atomic E-state index is -0.561. The van der Waals surface area contributed by atoms with Gasteiger partial charge in [-0.25, -0.2) is 5.11 Å². The summed E-state index contributed by atoms with van der Waals surface area (Å²) in [6.45, 7) is 8.26. The summed E-state index contributed by atoms with van der Waals surface area (Å²) in [5.41, 5.74) is 3.31. The van der Waals surface area contributed by atoms with Crippen molar-refractivity contribution in [1.82, 2.24) is 0 Å². The molecule has 0 spiro atoms. The minimum absolute atomic E-state index is 0.471. The molecule has 1 heteroatoms.